The van der Waals surface area contributed by atoms with Crippen molar-refractivity contribution in [1.82, 2.24) is 10.2 Å². The summed E-state index contributed by atoms with van der Waals surface area (Å²) in [7, 11) is -3.76. The van der Waals surface area contributed by atoms with Crippen molar-refractivity contribution in [2.45, 2.75) is 25.7 Å². The number of amides is 1. The van der Waals surface area contributed by atoms with Gasteiger partial charge in [0.25, 0.3) is 5.69 Å². The molecule has 0 unspecified atom stereocenters. The molecule has 0 atom stereocenters. The molecular formula is C17H26N4O5S. The predicted molar refractivity (Wildman–Crippen MR) is 103 cm³/mol. The zero-order valence-electron chi connectivity index (χ0n) is 15.5. The molecule has 0 bridgehead atoms. The van der Waals surface area contributed by atoms with Crippen molar-refractivity contribution in [2.75, 3.05) is 43.3 Å². The Balaban J connectivity index is 1.90. The SMILES string of the molecule is CS(=O)(=O)N(CC(=O)NCCCN1CCCCC1)c1cccc([N+](=O)[O-])c1. The Bertz CT molecular complexity index is 762. The van der Waals surface area contributed by atoms with Gasteiger partial charge in [0.15, 0.2) is 0 Å². The summed E-state index contributed by atoms with van der Waals surface area (Å²) in [6.07, 6.45) is 5.45. The number of carbonyl (C=O) groups excluding carboxylic acids is 1. The van der Waals surface area contributed by atoms with Crippen LogP contribution in [0.1, 0.15) is 25.7 Å². The molecule has 1 heterocycles. The van der Waals surface area contributed by atoms with Crippen LogP contribution in [-0.2, 0) is 14.8 Å². The van der Waals surface area contributed by atoms with Gasteiger partial charge >= 0.3 is 0 Å². The summed E-state index contributed by atoms with van der Waals surface area (Å²) in [5.74, 6) is -0.439. The minimum atomic E-state index is -3.76. The second-order valence-corrected chi connectivity index (χ2v) is 8.56. The molecular weight excluding hydrogens is 372 g/mol. The normalized spacial score (nSPS) is 15.3. The van der Waals surface area contributed by atoms with Crippen LogP contribution in [0.4, 0.5) is 11.4 Å². The number of anilines is 1. The number of benzene rings is 1. The van der Waals surface area contributed by atoms with Crippen molar-refractivity contribution in [2.24, 2.45) is 0 Å². The van der Waals surface area contributed by atoms with E-state index in [4.69, 9.17) is 0 Å². The number of hydrogen-bond acceptors (Lipinski definition) is 6. The Kier molecular flexibility index (Phi) is 7.55. The van der Waals surface area contributed by atoms with Gasteiger partial charge in [0.05, 0.1) is 16.9 Å². The second-order valence-electron chi connectivity index (χ2n) is 6.65. The number of nitrogens with zero attached hydrogens (tertiary/aromatic N) is 3. The predicted octanol–water partition coefficient (Wildman–Crippen LogP) is 1.35. The van der Waals surface area contributed by atoms with Gasteiger partial charge in [-0.1, -0.05) is 12.5 Å². The summed E-state index contributed by atoms with van der Waals surface area (Å²) in [6.45, 7) is 3.12. The molecule has 1 amide bonds. The number of rotatable bonds is 9. The number of nitro benzene ring substituents is 1. The van der Waals surface area contributed by atoms with Gasteiger partial charge < -0.3 is 10.2 Å². The molecule has 1 saturated heterocycles. The first kappa shape index (κ1) is 21.1. The number of hydrogen-bond donors (Lipinski definition) is 1. The number of nitro groups is 1. The lowest BCUT2D eigenvalue weighted by molar-refractivity contribution is -0.384. The molecule has 1 aliphatic rings. The first-order valence-electron chi connectivity index (χ1n) is 8.98. The number of piperidine rings is 1. The Hall–Kier alpha value is -2.20. The van der Waals surface area contributed by atoms with Crippen molar-refractivity contribution in [3.8, 4) is 0 Å². The van der Waals surface area contributed by atoms with Gasteiger partial charge in [-0.25, -0.2) is 8.42 Å². The molecule has 0 radical (unpaired) electrons. The molecule has 0 spiro atoms. The van der Waals surface area contributed by atoms with Crippen LogP contribution in [0.5, 0.6) is 0 Å². The van der Waals surface area contributed by atoms with E-state index < -0.39 is 27.4 Å². The number of likely N-dealkylation sites (tertiary alicyclic amines) is 1. The van der Waals surface area contributed by atoms with Crippen LogP contribution in [0, 0.1) is 10.1 Å². The summed E-state index contributed by atoms with van der Waals surface area (Å²) in [5, 5.41) is 13.6. The Morgan fingerprint density at radius 1 is 1.30 bits per heavy atom. The van der Waals surface area contributed by atoms with E-state index in [2.05, 4.69) is 10.2 Å². The summed E-state index contributed by atoms with van der Waals surface area (Å²) in [4.78, 5) is 24.8. The van der Waals surface area contributed by atoms with E-state index in [1.54, 1.807) is 0 Å². The third-order valence-electron chi connectivity index (χ3n) is 4.44. The fraction of sp³-hybridized carbons (Fsp3) is 0.588. The van der Waals surface area contributed by atoms with Crippen LogP contribution in [0.15, 0.2) is 24.3 Å². The summed E-state index contributed by atoms with van der Waals surface area (Å²) >= 11 is 0. The Labute approximate surface area is 159 Å². The van der Waals surface area contributed by atoms with Crippen LogP contribution >= 0.6 is 0 Å². The quantitative estimate of drug-likeness (QED) is 0.382. The van der Waals surface area contributed by atoms with E-state index in [0.717, 1.165) is 42.7 Å². The Morgan fingerprint density at radius 3 is 2.63 bits per heavy atom. The van der Waals surface area contributed by atoms with E-state index in [9.17, 15) is 23.3 Å². The Morgan fingerprint density at radius 2 is 2.00 bits per heavy atom. The van der Waals surface area contributed by atoms with E-state index in [0.29, 0.717) is 6.54 Å². The minimum Gasteiger partial charge on any atom is -0.354 e. The summed E-state index contributed by atoms with van der Waals surface area (Å²) in [6, 6.07) is 5.23. The van der Waals surface area contributed by atoms with Crippen LogP contribution in [0.2, 0.25) is 0 Å². The minimum absolute atomic E-state index is 0.0927. The largest absolute Gasteiger partial charge is 0.354 e. The van der Waals surface area contributed by atoms with Gasteiger partial charge in [0, 0.05) is 18.7 Å². The number of non-ortho nitro benzene ring substituents is 1. The molecule has 9 nitrogen and oxygen atoms in total. The molecule has 1 N–H and O–H groups in total. The molecule has 27 heavy (non-hydrogen) atoms. The molecule has 150 valence electrons. The molecule has 1 fully saturated rings. The van der Waals surface area contributed by atoms with Gasteiger partial charge in [-0.3, -0.25) is 19.2 Å². The maximum absolute atomic E-state index is 12.2. The van der Waals surface area contributed by atoms with Crippen molar-refractivity contribution < 1.29 is 18.1 Å². The van der Waals surface area contributed by atoms with Crippen LogP contribution < -0.4 is 9.62 Å². The van der Waals surface area contributed by atoms with Crippen LogP contribution in [0.3, 0.4) is 0 Å². The monoisotopic (exact) mass is 398 g/mol. The van der Waals surface area contributed by atoms with Crippen LogP contribution in [0.25, 0.3) is 0 Å². The second kappa shape index (κ2) is 9.65. The molecule has 0 aromatic heterocycles. The van der Waals surface area contributed by atoms with Gasteiger partial charge in [0.2, 0.25) is 15.9 Å². The van der Waals surface area contributed by atoms with E-state index in [1.807, 2.05) is 0 Å². The number of sulfonamides is 1. The molecule has 0 aliphatic carbocycles. The highest BCUT2D eigenvalue weighted by atomic mass is 32.2. The van der Waals surface area contributed by atoms with Crippen molar-refractivity contribution in [3.05, 3.63) is 34.4 Å². The van der Waals surface area contributed by atoms with E-state index >= 15 is 0 Å². The van der Waals surface area contributed by atoms with Gasteiger partial charge in [-0.2, -0.15) is 0 Å². The summed E-state index contributed by atoms with van der Waals surface area (Å²) < 4.78 is 25.0. The zero-order valence-corrected chi connectivity index (χ0v) is 16.3. The third kappa shape index (κ3) is 6.79. The van der Waals surface area contributed by atoms with Gasteiger partial charge in [-0.15, -0.1) is 0 Å². The average molecular weight is 398 g/mol. The smallest absolute Gasteiger partial charge is 0.271 e. The molecule has 1 aromatic carbocycles. The van der Waals surface area contributed by atoms with Gasteiger partial charge in [0.1, 0.15) is 6.54 Å². The van der Waals surface area contributed by atoms with Crippen molar-refractivity contribution in [1.29, 1.82) is 0 Å². The van der Waals surface area contributed by atoms with E-state index in [-0.39, 0.29) is 11.4 Å². The lowest BCUT2D eigenvalue weighted by Crippen LogP contribution is -2.41. The maximum atomic E-state index is 12.2. The molecule has 10 heteroatoms. The molecule has 1 aromatic rings. The first-order chi connectivity index (χ1) is 12.8. The molecule has 1 aliphatic heterocycles. The fourth-order valence-electron chi connectivity index (χ4n) is 3.06. The zero-order chi connectivity index (χ0) is 19.9. The first-order valence-corrected chi connectivity index (χ1v) is 10.8. The number of carbonyl (C=O) groups is 1. The highest BCUT2D eigenvalue weighted by Crippen LogP contribution is 2.22. The molecule has 0 saturated carbocycles. The van der Waals surface area contributed by atoms with Crippen LogP contribution in [-0.4, -0.2) is 63.1 Å². The summed E-state index contributed by atoms with van der Waals surface area (Å²) in [5.41, 5.74) is -0.141. The lowest BCUT2D eigenvalue weighted by Gasteiger charge is -2.26. The third-order valence-corrected chi connectivity index (χ3v) is 5.58. The van der Waals surface area contributed by atoms with E-state index in [1.165, 1.54) is 37.5 Å². The standard InChI is InChI=1S/C17H26N4O5S/c1-27(25,26)20(15-7-5-8-16(13-15)21(23)24)14-17(22)18-9-6-12-19-10-3-2-4-11-19/h5,7-8,13H,2-4,6,9-12,14H2,1H3,(H,18,22). The van der Waals surface area contributed by atoms with Gasteiger partial charge in [-0.05, 0) is 45.0 Å². The van der Waals surface area contributed by atoms with Crippen molar-refractivity contribution >= 4 is 27.3 Å². The highest BCUT2D eigenvalue weighted by molar-refractivity contribution is 7.92. The topological polar surface area (TPSA) is 113 Å². The maximum Gasteiger partial charge on any atom is 0.271 e. The number of nitrogens with one attached hydrogen (secondary N) is 1. The van der Waals surface area contributed by atoms with Crippen molar-refractivity contribution in [3.63, 3.8) is 0 Å². The fourth-order valence-corrected chi connectivity index (χ4v) is 3.91. The lowest BCUT2D eigenvalue weighted by atomic mass is 10.1. The molecule has 2 rings (SSSR count). The average Bonchev–Trinajstić information content (AvgIpc) is 2.63. The highest BCUT2D eigenvalue weighted by Gasteiger charge is 2.22.